The maximum Gasteiger partial charge on any atom is 0.222 e. The molecule has 114 valence electrons. The highest BCUT2D eigenvalue weighted by atomic mass is 16.2. The molecule has 4 unspecified atom stereocenters. The number of nitrogens with zero attached hydrogens (tertiary/aromatic N) is 2. The Kier molecular flexibility index (Phi) is 4.34. The second-order valence-corrected chi connectivity index (χ2v) is 6.82. The molecule has 3 heteroatoms. The fraction of sp³-hybridized carbons (Fsp3) is 0.941. The molecule has 4 fully saturated rings. The molecule has 0 aromatic heterocycles. The molecule has 0 aromatic rings. The Morgan fingerprint density at radius 2 is 1.70 bits per heavy atom. The monoisotopic (exact) mass is 278 g/mol. The summed E-state index contributed by atoms with van der Waals surface area (Å²) in [5.74, 6) is 2.01. The largest absolute Gasteiger partial charge is 0.339 e. The zero-order valence-electron chi connectivity index (χ0n) is 13.2. The molecule has 0 radical (unpaired) electrons. The third-order valence-electron chi connectivity index (χ3n) is 5.87. The lowest BCUT2D eigenvalue weighted by atomic mass is 9.71. The SMILES string of the molecule is CC.O=C1CCCC2C3CC(CN12)C1CCCCN1C3. The summed E-state index contributed by atoms with van der Waals surface area (Å²) in [6.07, 6.45) is 8.78. The first kappa shape index (κ1) is 14.4. The minimum absolute atomic E-state index is 0.449. The van der Waals surface area contributed by atoms with Gasteiger partial charge in [-0.3, -0.25) is 9.69 Å². The van der Waals surface area contributed by atoms with Gasteiger partial charge >= 0.3 is 0 Å². The maximum atomic E-state index is 12.1. The standard InChI is InChI=1S/C15H24N2O.C2H6/c18-15-6-3-5-14-11-8-12(10-17(14)15)13-4-1-2-7-16(13)9-11;1-2/h11-14H,1-10H2;1-2H3. The van der Waals surface area contributed by atoms with Crippen molar-refractivity contribution in [3.63, 3.8) is 0 Å². The van der Waals surface area contributed by atoms with Gasteiger partial charge in [-0.2, -0.15) is 0 Å². The van der Waals surface area contributed by atoms with E-state index in [1.807, 2.05) is 13.8 Å². The Morgan fingerprint density at radius 3 is 2.55 bits per heavy atom. The van der Waals surface area contributed by atoms with Gasteiger partial charge in [-0.25, -0.2) is 0 Å². The topological polar surface area (TPSA) is 23.6 Å². The average Bonchev–Trinajstić information content (AvgIpc) is 2.51. The van der Waals surface area contributed by atoms with Gasteiger partial charge in [0.1, 0.15) is 0 Å². The fourth-order valence-electron chi connectivity index (χ4n) is 5.10. The van der Waals surface area contributed by atoms with Gasteiger partial charge in [0.2, 0.25) is 5.91 Å². The van der Waals surface area contributed by atoms with Crippen LogP contribution < -0.4 is 0 Å². The lowest BCUT2D eigenvalue weighted by Crippen LogP contribution is -2.64. The van der Waals surface area contributed by atoms with Crippen molar-refractivity contribution in [2.24, 2.45) is 11.8 Å². The van der Waals surface area contributed by atoms with Crippen molar-refractivity contribution in [2.75, 3.05) is 19.6 Å². The normalized spacial score (nSPS) is 40.3. The second kappa shape index (κ2) is 6.05. The van der Waals surface area contributed by atoms with Crippen molar-refractivity contribution in [3.8, 4) is 0 Å². The van der Waals surface area contributed by atoms with Gasteiger partial charge in [-0.1, -0.05) is 20.3 Å². The van der Waals surface area contributed by atoms with Crippen LogP contribution in [0.3, 0.4) is 0 Å². The van der Waals surface area contributed by atoms with Gasteiger partial charge in [0.15, 0.2) is 0 Å². The average molecular weight is 278 g/mol. The van der Waals surface area contributed by atoms with E-state index in [4.69, 9.17) is 0 Å². The zero-order valence-corrected chi connectivity index (χ0v) is 13.2. The molecule has 4 aliphatic heterocycles. The van der Waals surface area contributed by atoms with E-state index in [0.717, 1.165) is 37.3 Å². The lowest BCUT2D eigenvalue weighted by Gasteiger charge is -2.56. The van der Waals surface area contributed by atoms with Crippen LogP contribution in [0, 0.1) is 11.8 Å². The molecule has 0 aromatic carbocycles. The summed E-state index contributed by atoms with van der Waals surface area (Å²) in [5.41, 5.74) is 0. The molecule has 4 saturated heterocycles. The van der Waals surface area contributed by atoms with Gasteiger partial charge in [-0.15, -0.1) is 0 Å². The lowest BCUT2D eigenvalue weighted by molar-refractivity contribution is -0.148. The molecule has 4 aliphatic rings. The number of carbonyl (C=O) groups excluding carboxylic acids is 1. The number of hydrogen-bond donors (Lipinski definition) is 0. The zero-order chi connectivity index (χ0) is 14.1. The number of carbonyl (C=O) groups is 1. The van der Waals surface area contributed by atoms with Crippen molar-refractivity contribution < 1.29 is 4.79 Å². The summed E-state index contributed by atoms with van der Waals surface area (Å²) in [5, 5.41) is 0. The molecular formula is C17H30N2O. The van der Waals surface area contributed by atoms with Gasteiger partial charge in [0.25, 0.3) is 0 Å². The molecule has 0 aliphatic carbocycles. The fourth-order valence-corrected chi connectivity index (χ4v) is 5.10. The molecule has 1 amide bonds. The van der Waals surface area contributed by atoms with E-state index in [2.05, 4.69) is 9.80 Å². The van der Waals surface area contributed by atoms with E-state index in [-0.39, 0.29) is 0 Å². The summed E-state index contributed by atoms with van der Waals surface area (Å²) in [7, 11) is 0. The highest BCUT2D eigenvalue weighted by Gasteiger charge is 2.47. The Morgan fingerprint density at radius 1 is 0.950 bits per heavy atom. The molecular weight excluding hydrogens is 248 g/mol. The summed E-state index contributed by atoms with van der Waals surface area (Å²) < 4.78 is 0. The molecule has 0 saturated carbocycles. The highest BCUT2D eigenvalue weighted by Crippen LogP contribution is 2.42. The van der Waals surface area contributed by atoms with Crippen molar-refractivity contribution in [2.45, 2.75) is 70.9 Å². The van der Waals surface area contributed by atoms with E-state index in [1.54, 1.807) is 0 Å². The van der Waals surface area contributed by atoms with Crippen molar-refractivity contribution in [1.29, 1.82) is 0 Å². The number of hydrogen-bond acceptors (Lipinski definition) is 2. The van der Waals surface area contributed by atoms with E-state index < -0.39 is 0 Å². The van der Waals surface area contributed by atoms with Crippen molar-refractivity contribution in [1.82, 2.24) is 9.80 Å². The third kappa shape index (κ3) is 2.38. The van der Waals surface area contributed by atoms with E-state index in [0.29, 0.717) is 11.9 Å². The molecule has 0 spiro atoms. The number of amides is 1. The summed E-state index contributed by atoms with van der Waals surface area (Å²) >= 11 is 0. The van der Waals surface area contributed by atoms with Gasteiger partial charge < -0.3 is 4.90 Å². The second-order valence-electron chi connectivity index (χ2n) is 6.82. The predicted octanol–water partition coefficient (Wildman–Crippen LogP) is 2.90. The first-order chi connectivity index (χ1) is 9.83. The number of piperidine rings is 4. The quantitative estimate of drug-likeness (QED) is 0.680. The van der Waals surface area contributed by atoms with Crippen LogP contribution in [0.4, 0.5) is 0 Å². The van der Waals surface area contributed by atoms with E-state index >= 15 is 0 Å². The van der Waals surface area contributed by atoms with E-state index in [1.165, 1.54) is 45.2 Å². The highest BCUT2D eigenvalue weighted by molar-refractivity contribution is 5.77. The van der Waals surface area contributed by atoms with Crippen LogP contribution in [0.25, 0.3) is 0 Å². The minimum atomic E-state index is 0.449. The first-order valence-corrected chi connectivity index (χ1v) is 8.86. The first-order valence-electron chi connectivity index (χ1n) is 8.86. The molecule has 2 bridgehead atoms. The Balaban J connectivity index is 0.000000581. The van der Waals surface area contributed by atoms with Gasteiger partial charge in [0, 0.05) is 31.6 Å². The van der Waals surface area contributed by atoms with Crippen LogP contribution >= 0.6 is 0 Å². The summed E-state index contributed by atoms with van der Waals surface area (Å²) in [4.78, 5) is 17.2. The van der Waals surface area contributed by atoms with Gasteiger partial charge in [-0.05, 0) is 50.5 Å². The maximum absolute atomic E-state index is 12.1. The molecule has 4 atom stereocenters. The minimum Gasteiger partial charge on any atom is -0.339 e. The van der Waals surface area contributed by atoms with E-state index in [9.17, 15) is 4.79 Å². The Labute approximate surface area is 123 Å². The van der Waals surface area contributed by atoms with Crippen LogP contribution in [-0.2, 0) is 4.79 Å². The van der Waals surface area contributed by atoms with Crippen LogP contribution in [0.15, 0.2) is 0 Å². The Hall–Kier alpha value is -0.570. The molecule has 20 heavy (non-hydrogen) atoms. The van der Waals surface area contributed by atoms with Gasteiger partial charge in [0.05, 0.1) is 0 Å². The van der Waals surface area contributed by atoms with Crippen LogP contribution in [0.5, 0.6) is 0 Å². The number of fused-ring (bicyclic) bond motifs is 6. The third-order valence-corrected chi connectivity index (χ3v) is 5.87. The smallest absolute Gasteiger partial charge is 0.222 e. The summed E-state index contributed by atoms with van der Waals surface area (Å²) in [6, 6.07) is 1.39. The Bertz CT molecular complexity index is 357. The molecule has 4 rings (SSSR count). The van der Waals surface area contributed by atoms with Crippen LogP contribution in [0.2, 0.25) is 0 Å². The van der Waals surface area contributed by atoms with Crippen molar-refractivity contribution >= 4 is 5.91 Å². The van der Waals surface area contributed by atoms with Crippen molar-refractivity contribution in [3.05, 3.63) is 0 Å². The summed E-state index contributed by atoms with van der Waals surface area (Å²) in [6.45, 7) is 7.66. The van der Waals surface area contributed by atoms with Crippen LogP contribution in [0.1, 0.15) is 58.8 Å². The molecule has 4 heterocycles. The van der Waals surface area contributed by atoms with Crippen LogP contribution in [-0.4, -0.2) is 47.4 Å². The number of rotatable bonds is 0. The molecule has 3 nitrogen and oxygen atoms in total. The predicted molar refractivity (Wildman–Crippen MR) is 81.5 cm³/mol. The molecule has 0 N–H and O–H groups in total.